The molecule has 0 bridgehead atoms. The Morgan fingerprint density at radius 3 is 1.55 bits per heavy atom. The van der Waals surface area contributed by atoms with Crippen LogP contribution in [0.2, 0.25) is 0 Å². The second kappa shape index (κ2) is 13.7. The molecule has 2 amide bonds. The van der Waals surface area contributed by atoms with Gasteiger partial charge >= 0.3 is 24.5 Å². The zero-order valence-electron chi connectivity index (χ0n) is 29.0. The summed E-state index contributed by atoms with van der Waals surface area (Å²) in [6.45, 7) is 7.26. The van der Waals surface area contributed by atoms with Gasteiger partial charge in [-0.3, -0.25) is 24.0 Å². The van der Waals surface area contributed by atoms with E-state index < -0.39 is 134 Å². The van der Waals surface area contributed by atoms with Gasteiger partial charge in [0.05, 0.1) is 19.2 Å². The highest BCUT2D eigenvalue weighted by atomic mass is 19.4. The Morgan fingerprint density at radius 2 is 1.08 bits per heavy atom. The third-order valence-corrected chi connectivity index (χ3v) is 8.31. The Morgan fingerprint density at radius 1 is 0.642 bits per heavy atom. The molecule has 0 fully saturated rings. The van der Waals surface area contributed by atoms with E-state index in [2.05, 4.69) is 5.32 Å². The minimum absolute atomic E-state index is 0.203. The summed E-state index contributed by atoms with van der Waals surface area (Å²) < 4.78 is 100. The molecule has 3 atom stereocenters. The Labute approximate surface area is 297 Å². The molecule has 18 heteroatoms. The van der Waals surface area contributed by atoms with Crippen LogP contribution in [0, 0.1) is 11.8 Å². The first-order valence-electron chi connectivity index (χ1n) is 15.8. The van der Waals surface area contributed by atoms with E-state index in [0.717, 1.165) is 0 Å². The first-order chi connectivity index (χ1) is 24.1. The van der Waals surface area contributed by atoms with E-state index in [9.17, 15) is 38.7 Å². The van der Waals surface area contributed by atoms with Crippen LogP contribution in [0.1, 0.15) is 95.4 Å². The molecule has 53 heavy (non-hydrogen) atoms. The van der Waals surface area contributed by atoms with Crippen molar-refractivity contribution in [3.63, 3.8) is 0 Å². The van der Waals surface area contributed by atoms with Gasteiger partial charge in [-0.2, -0.15) is 26.3 Å². The normalized spacial score (nSPS) is 19.0. The minimum atomic E-state index is -6.23. The number of benzene rings is 2. The first-order valence-corrected chi connectivity index (χ1v) is 15.8. The van der Waals surface area contributed by atoms with Gasteiger partial charge in [-0.1, -0.05) is 30.3 Å². The molecule has 0 saturated carbocycles. The van der Waals surface area contributed by atoms with Gasteiger partial charge in [0.1, 0.15) is 23.0 Å². The van der Waals surface area contributed by atoms with Crippen LogP contribution >= 0.6 is 0 Å². The Bertz CT molecular complexity index is 1890. The summed E-state index contributed by atoms with van der Waals surface area (Å²) >= 11 is 0. The van der Waals surface area contributed by atoms with Crippen molar-refractivity contribution in [2.75, 3.05) is 13.1 Å². The molecule has 2 aromatic rings. The van der Waals surface area contributed by atoms with Crippen LogP contribution in [-0.4, -0.2) is 82.9 Å². The van der Waals surface area contributed by atoms with Gasteiger partial charge in [-0.25, -0.2) is 9.59 Å². The molecule has 0 heterocycles. The number of ether oxygens (including phenoxy) is 2. The predicted octanol–water partition coefficient (Wildman–Crippen LogP) is 5.13. The molecule has 0 saturated heterocycles. The summed E-state index contributed by atoms with van der Waals surface area (Å²) in [5, 5.41) is 15.0. The van der Waals surface area contributed by atoms with Crippen LogP contribution in [-0.2, 0) is 24.5 Å². The summed E-state index contributed by atoms with van der Waals surface area (Å²) in [5.74, 6) is -10.2. The molecule has 2 aromatic carbocycles. The Balaban J connectivity index is 1.73. The maximum Gasteiger partial charge on any atom is 0.411 e. The summed E-state index contributed by atoms with van der Waals surface area (Å²) in [7, 11) is 0. The van der Waals surface area contributed by atoms with E-state index in [4.69, 9.17) is 9.47 Å². The van der Waals surface area contributed by atoms with Crippen LogP contribution in [0.5, 0.6) is 0 Å². The molecule has 0 aliphatic heterocycles. The topological polar surface area (TPSA) is 182 Å². The molecule has 0 radical (unpaired) electrons. The van der Waals surface area contributed by atoms with Crippen molar-refractivity contribution in [2.45, 2.75) is 76.6 Å². The smallest absolute Gasteiger partial charge is 0.411 e. The number of hydrogen-bond acceptors (Lipinski definition) is 10. The number of fused-ring (bicyclic) bond motifs is 2. The highest BCUT2D eigenvalue weighted by molar-refractivity contribution is 6.36. The second-order valence-electron chi connectivity index (χ2n) is 14.4. The highest BCUT2D eigenvalue weighted by Gasteiger charge is 2.73. The standard InChI is InChI=1S/C35H34F6N2O10/c1-31(2,3)52-29(50)42-13-21(44)23-25(46)17-9-7-15(11-19(17)27(23)48)33(34(36,37)38,35(39,40)41)16-8-10-18-20(12-16)28(49)24(26(18)47)22(45)14-43-30(51)53-32(4,5)6/h7-12,23-24,27,48H,13-14H2,1-6H3,(H,42,50)(H,43,51). The van der Waals surface area contributed by atoms with Crippen LogP contribution in [0.4, 0.5) is 35.9 Å². The number of nitrogens with one attached hydrogen (secondary N) is 2. The van der Waals surface area contributed by atoms with Gasteiger partial charge in [0.15, 0.2) is 28.9 Å². The average molecular weight is 757 g/mol. The molecule has 3 N–H and O–H groups in total. The first kappa shape index (κ1) is 40.6. The number of ketones is 5. The number of amides is 2. The molecular formula is C35H34F6N2O10. The number of aliphatic hydroxyl groups is 1. The number of carbonyl (C=O) groups excluding carboxylic acids is 7. The molecule has 0 aromatic heterocycles. The quantitative estimate of drug-likeness (QED) is 0.241. The molecule has 2 aliphatic rings. The number of aliphatic hydroxyl groups excluding tert-OH is 1. The van der Waals surface area contributed by atoms with E-state index >= 15 is 26.3 Å². The van der Waals surface area contributed by atoms with Crippen LogP contribution in [0.15, 0.2) is 36.4 Å². The minimum Gasteiger partial charge on any atom is -0.444 e. The van der Waals surface area contributed by atoms with Crippen LogP contribution in [0.3, 0.4) is 0 Å². The zero-order chi connectivity index (χ0) is 40.2. The van der Waals surface area contributed by atoms with E-state index in [0.29, 0.717) is 24.3 Å². The lowest BCUT2D eigenvalue weighted by atomic mass is 9.71. The summed E-state index contributed by atoms with van der Waals surface area (Å²) in [6, 6.07) is 2.28. The van der Waals surface area contributed by atoms with Crippen molar-refractivity contribution in [1.29, 1.82) is 0 Å². The third-order valence-electron chi connectivity index (χ3n) is 8.31. The van der Waals surface area contributed by atoms with Gasteiger partial charge in [0, 0.05) is 16.7 Å². The van der Waals surface area contributed by atoms with Crippen molar-refractivity contribution in [3.8, 4) is 0 Å². The summed E-state index contributed by atoms with van der Waals surface area (Å²) in [5.41, 5.74) is -12.9. The van der Waals surface area contributed by atoms with E-state index in [-0.39, 0.29) is 12.1 Å². The summed E-state index contributed by atoms with van der Waals surface area (Å²) in [6.07, 6.45) is -16.9. The number of carbonyl (C=O) groups is 7. The Hall–Kier alpha value is -5.13. The fourth-order valence-corrected chi connectivity index (χ4v) is 6.14. The highest BCUT2D eigenvalue weighted by Crippen LogP contribution is 2.57. The monoisotopic (exact) mass is 756 g/mol. The fraction of sp³-hybridized carbons (Fsp3) is 0.457. The number of hydrogen-bond donors (Lipinski definition) is 3. The SMILES string of the molecule is CC(C)(C)OC(=O)NCC(=O)C1C(=O)c2ccc(C(c3ccc4c(c3)C(O)C(C(=O)CNC(=O)OC(C)(C)C)C4=O)(C(F)(F)F)C(F)(F)F)cc2C1=O. The van der Waals surface area contributed by atoms with Crippen molar-refractivity contribution in [2.24, 2.45) is 11.8 Å². The van der Waals surface area contributed by atoms with Gasteiger partial charge in [0.25, 0.3) is 0 Å². The zero-order valence-corrected chi connectivity index (χ0v) is 29.0. The van der Waals surface area contributed by atoms with E-state index in [1.54, 1.807) is 0 Å². The van der Waals surface area contributed by atoms with Gasteiger partial charge in [0.2, 0.25) is 5.41 Å². The number of alkyl halides is 6. The molecule has 286 valence electrons. The lowest BCUT2D eigenvalue weighted by Crippen LogP contribution is -2.55. The molecule has 3 unspecified atom stereocenters. The number of rotatable bonds is 8. The maximum atomic E-state index is 15.1. The average Bonchev–Trinajstić information content (AvgIpc) is 3.39. The number of alkyl carbamates (subject to hydrolysis) is 2. The van der Waals surface area contributed by atoms with Crippen molar-refractivity contribution in [1.82, 2.24) is 10.6 Å². The van der Waals surface area contributed by atoms with Crippen molar-refractivity contribution < 1.29 is 74.5 Å². The van der Waals surface area contributed by atoms with Crippen molar-refractivity contribution in [3.05, 3.63) is 69.8 Å². The van der Waals surface area contributed by atoms with E-state index in [1.807, 2.05) is 5.32 Å². The third kappa shape index (κ3) is 7.68. The largest absolute Gasteiger partial charge is 0.444 e. The molecule has 4 rings (SSSR count). The van der Waals surface area contributed by atoms with Gasteiger partial charge in [-0.15, -0.1) is 0 Å². The Kier molecular flexibility index (Phi) is 10.5. The fourth-order valence-electron chi connectivity index (χ4n) is 6.14. The maximum absolute atomic E-state index is 15.1. The van der Waals surface area contributed by atoms with Gasteiger partial charge < -0.3 is 25.2 Å². The summed E-state index contributed by atoms with van der Waals surface area (Å²) in [4.78, 5) is 89.0. The second-order valence-corrected chi connectivity index (χ2v) is 14.4. The molecular weight excluding hydrogens is 722 g/mol. The molecule has 12 nitrogen and oxygen atoms in total. The van der Waals surface area contributed by atoms with Crippen LogP contribution < -0.4 is 10.6 Å². The predicted molar refractivity (Wildman–Crippen MR) is 169 cm³/mol. The van der Waals surface area contributed by atoms with Crippen molar-refractivity contribution >= 4 is 41.1 Å². The van der Waals surface area contributed by atoms with Crippen LogP contribution in [0.25, 0.3) is 0 Å². The number of halogens is 6. The molecule has 0 spiro atoms. The lowest BCUT2D eigenvalue weighted by Gasteiger charge is -2.38. The van der Waals surface area contributed by atoms with Gasteiger partial charge in [-0.05, 0) is 64.3 Å². The number of Topliss-reactive ketones (excluding diaryl/α,β-unsaturated/α-hetero) is 5. The van der Waals surface area contributed by atoms with E-state index in [1.165, 1.54) is 41.5 Å². The molecule has 2 aliphatic carbocycles. The lowest BCUT2D eigenvalue weighted by molar-refractivity contribution is -0.288.